The van der Waals surface area contributed by atoms with Gasteiger partial charge in [-0.2, -0.15) is 0 Å². The van der Waals surface area contributed by atoms with Crippen molar-refractivity contribution in [3.63, 3.8) is 0 Å². The van der Waals surface area contributed by atoms with Gasteiger partial charge in [0.15, 0.2) is 0 Å². The van der Waals surface area contributed by atoms with Crippen LogP contribution >= 0.6 is 0 Å². The summed E-state index contributed by atoms with van der Waals surface area (Å²) in [4.78, 5) is 23.2. The summed E-state index contributed by atoms with van der Waals surface area (Å²) in [6.45, 7) is 1.35. The van der Waals surface area contributed by atoms with Crippen molar-refractivity contribution in [2.75, 3.05) is 13.1 Å². The molecule has 6 nitrogen and oxygen atoms in total. The molecule has 4 rings (SSSR count). The van der Waals surface area contributed by atoms with E-state index in [1.54, 1.807) is 24.5 Å². The highest BCUT2D eigenvalue weighted by atomic mass is 19.1. The largest absolute Gasteiger partial charge is 0.341 e. The Morgan fingerprint density at radius 3 is 2.81 bits per heavy atom. The Bertz CT molecular complexity index is 939. The molecule has 27 heavy (non-hydrogen) atoms. The Hall–Kier alpha value is -2.80. The Morgan fingerprint density at radius 2 is 2.00 bits per heavy atom. The topological polar surface area (TPSA) is 76.5 Å². The van der Waals surface area contributed by atoms with Crippen LogP contribution in [-0.2, 0) is 11.2 Å². The number of imidazole rings is 1. The lowest BCUT2D eigenvalue weighted by molar-refractivity contribution is -0.133. The first-order valence-electron chi connectivity index (χ1n) is 9.18. The van der Waals surface area contributed by atoms with Gasteiger partial charge in [0.05, 0.1) is 6.04 Å². The molecule has 3 aromatic rings. The van der Waals surface area contributed by atoms with Crippen molar-refractivity contribution >= 4 is 11.7 Å². The van der Waals surface area contributed by atoms with Gasteiger partial charge in [0.25, 0.3) is 0 Å². The standard InChI is InChI=1S/C20H22FN5O/c21-16-5-3-14(4-6-16)12-17(22)19(27)25-10-1-2-15(13-25)18-7-8-23-20-24-9-11-26(18)20/h3-9,11,15,17H,1-2,10,12-13,22H2/t15-,17-/m0/s1. The lowest BCUT2D eigenvalue weighted by Crippen LogP contribution is -2.48. The Balaban J connectivity index is 1.46. The number of nitrogens with two attached hydrogens (primary N) is 1. The summed E-state index contributed by atoms with van der Waals surface area (Å²) in [5.41, 5.74) is 8.14. The van der Waals surface area contributed by atoms with E-state index in [1.807, 2.05) is 21.6 Å². The van der Waals surface area contributed by atoms with Crippen LogP contribution in [0.1, 0.15) is 30.0 Å². The molecule has 0 unspecified atom stereocenters. The molecule has 0 saturated carbocycles. The fraction of sp³-hybridized carbons (Fsp3) is 0.350. The average Bonchev–Trinajstić information content (AvgIpc) is 3.18. The molecule has 0 aliphatic carbocycles. The van der Waals surface area contributed by atoms with Crippen LogP contribution < -0.4 is 5.73 Å². The van der Waals surface area contributed by atoms with E-state index in [-0.39, 0.29) is 17.6 Å². The van der Waals surface area contributed by atoms with Crippen molar-refractivity contribution < 1.29 is 9.18 Å². The fourth-order valence-corrected chi connectivity index (χ4v) is 3.80. The molecule has 1 aliphatic heterocycles. The van der Waals surface area contributed by atoms with Crippen molar-refractivity contribution in [2.24, 2.45) is 5.73 Å². The molecule has 140 valence electrons. The van der Waals surface area contributed by atoms with E-state index < -0.39 is 6.04 Å². The van der Waals surface area contributed by atoms with Gasteiger partial charge in [-0.25, -0.2) is 14.4 Å². The SMILES string of the molecule is N[C@@H](Cc1ccc(F)cc1)C(=O)N1CCC[C@H](c2ccnc3nccn23)C1. The highest BCUT2D eigenvalue weighted by Crippen LogP contribution is 2.27. The number of aromatic nitrogens is 3. The summed E-state index contributed by atoms with van der Waals surface area (Å²) in [5, 5.41) is 0. The number of benzene rings is 1. The molecule has 0 spiro atoms. The quantitative estimate of drug-likeness (QED) is 0.767. The number of fused-ring (bicyclic) bond motifs is 1. The van der Waals surface area contributed by atoms with E-state index >= 15 is 0 Å². The number of carbonyl (C=O) groups is 1. The second-order valence-electron chi connectivity index (χ2n) is 7.03. The van der Waals surface area contributed by atoms with Gasteiger partial charge in [-0.05, 0) is 43.0 Å². The van der Waals surface area contributed by atoms with Crippen molar-refractivity contribution in [2.45, 2.75) is 31.2 Å². The van der Waals surface area contributed by atoms with Crippen LogP contribution in [0, 0.1) is 5.82 Å². The van der Waals surface area contributed by atoms with Gasteiger partial charge in [-0.15, -0.1) is 0 Å². The van der Waals surface area contributed by atoms with Crippen molar-refractivity contribution in [1.82, 2.24) is 19.3 Å². The third kappa shape index (κ3) is 3.68. The molecule has 0 bridgehead atoms. The first-order chi connectivity index (χ1) is 13.1. The molecule has 0 radical (unpaired) electrons. The zero-order valence-corrected chi connectivity index (χ0v) is 15.0. The summed E-state index contributed by atoms with van der Waals surface area (Å²) in [6.07, 6.45) is 7.74. The van der Waals surface area contributed by atoms with E-state index in [2.05, 4.69) is 9.97 Å². The minimum atomic E-state index is -0.625. The van der Waals surface area contributed by atoms with Crippen molar-refractivity contribution in [3.8, 4) is 0 Å². The summed E-state index contributed by atoms with van der Waals surface area (Å²) in [5.74, 6) is 0.546. The monoisotopic (exact) mass is 367 g/mol. The van der Waals surface area contributed by atoms with Crippen LogP contribution in [0.15, 0.2) is 48.9 Å². The molecular formula is C20H22FN5O. The van der Waals surface area contributed by atoms with E-state index in [0.29, 0.717) is 25.3 Å². The molecule has 1 saturated heterocycles. The molecule has 2 N–H and O–H groups in total. The smallest absolute Gasteiger partial charge is 0.239 e. The fourth-order valence-electron chi connectivity index (χ4n) is 3.80. The second-order valence-corrected chi connectivity index (χ2v) is 7.03. The lowest BCUT2D eigenvalue weighted by atomic mass is 9.93. The normalized spacial score (nSPS) is 18.6. The first-order valence-corrected chi connectivity index (χ1v) is 9.18. The number of hydrogen-bond acceptors (Lipinski definition) is 4. The van der Waals surface area contributed by atoms with Gasteiger partial charge in [-0.1, -0.05) is 12.1 Å². The van der Waals surface area contributed by atoms with E-state index in [1.165, 1.54) is 12.1 Å². The lowest BCUT2D eigenvalue weighted by Gasteiger charge is -2.34. The van der Waals surface area contributed by atoms with Gasteiger partial charge >= 0.3 is 0 Å². The zero-order chi connectivity index (χ0) is 18.8. The predicted octanol–water partition coefficient (Wildman–Crippen LogP) is 2.14. The molecule has 1 fully saturated rings. The number of piperidine rings is 1. The van der Waals surface area contributed by atoms with E-state index in [0.717, 1.165) is 24.1 Å². The van der Waals surface area contributed by atoms with Gasteiger partial charge in [0.1, 0.15) is 5.82 Å². The molecule has 1 aliphatic rings. The molecule has 7 heteroatoms. The van der Waals surface area contributed by atoms with Gasteiger partial charge in [-0.3, -0.25) is 9.20 Å². The van der Waals surface area contributed by atoms with Crippen LogP contribution in [0.5, 0.6) is 0 Å². The molecule has 1 amide bonds. The average molecular weight is 367 g/mol. The van der Waals surface area contributed by atoms with Gasteiger partial charge in [0.2, 0.25) is 11.7 Å². The van der Waals surface area contributed by atoms with Crippen LogP contribution in [0.3, 0.4) is 0 Å². The van der Waals surface area contributed by atoms with Crippen LogP contribution in [0.4, 0.5) is 4.39 Å². The third-order valence-electron chi connectivity index (χ3n) is 5.17. The Morgan fingerprint density at radius 1 is 1.22 bits per heavy atom. The van der Waals surface area contributed by atoms with Gasteiger partial charge < -0.3 is 10.6 Å². The highest BCUT2D eigenvalue weighted by molar-refractivity contribution is 5.82. The number of nitrogens with zero attached hydrogens (tertiary/aromatic N) is 4. The Labute approximate surface area is 156 Å². The number of amides is 1. The van der Waals surface area contributed by atoms with Crippen LogP contribution in [0.2, 0.25) is 0 Å². The number of likely N-dealkylation sites (tertiary alicyclic amines) is 1. The minimum absolute atomic E-state index is 0.0556. The van der Waals surface area contributed by atoms with Gasteiger partial charge in [0, 0.05) is 43.3 Å². The maximum Gasteiger partial charge on any atom is 0.239 e. The third-order valence-corrected chi connectivity index (χ3v) is 5.17. The second kappa shape index (κ2) is 7.44. The predicted molar refractivity (Wildman–Crippen MR) is 99.6 cm³/mol. The number of halogens is 1. The molecule has 2 atom stereocenters. The van der Waals surface area contributed by atoms with Crippen molar-refractivity contribution in [3.05, 3.63) is 66.0 Å². The summed E-state index contributed by atoms with van der Waals surface area (Å²) < 4.78 is 15.0. The first kappa shape index (κ1) is 17.6. The maximum atomic E-state index is 13.0. The van der Waals surface area contributed by atoms with E-state index in [4.69, 9.17) is 5.73 Å². The molecule has 1 aromatic carbocycles. The molecule has 2 aromatic heterocycles. The van der Waals surface area contributed by atoms with Crippen LogP contribution in [0.25, 0.3) is 5.78 Å². The zero-order valence-electron chi connectivity index (χ0n) is 15.0. The number of hydrogen-bond donors (Lipinski definition) is 1. The summed E-state index contributed by atoms with van der Waals surface area (Å²) in [7, 11) is 0. The van der Waals surface area contributed by atoms with Crippen LogP contribution in [-0.4, -0.2) is 44.3 Å². The minimum Gasteiger partial charge on any atom is -0.341 e. The molecule has 3 heterocycles. The summed E-state index contributed by atoms with van der Waals surface area (Å²) >= 11 is 0. The number of rotatable bonds is 4. The maximum absolute atomic E-state index is 13.0. The summed E-state index contributed by atoms with van der Waals surface area (Å²) in [6, 6.07) is 7.50. The Kier molecular flexibility index (Phi) is 4.85. The van der Waals surface area contributed by atoms with E-state index in [9.17, 15) is 9.18 Å². The van der Waals surface area contributed by atoms with Crippen molar-refractivity contribution in [1.29, 1.82) is 0 Å². The highest BCUT2D eigenvalue weighted by Gasteiger charge is 2.29. The number of carbonyl (C=O) groups excluding carboxylic acids is 1. The molecular weight excluding hydrogens is 345 g/mol.